The molecule has 0 heterocycles. The Bertz CT molecular complexity index is 856. The SMILES string of the molecule is CCCC[C]1([Hf][C]2(C)C(C)=C(C)C(C)=C2C)C=Cc2cc3c(cc21)CCC3. The monoisotopic (exact) mass is 526 g/mol. The van der Waals surface area contributed by atoms with Crippen LogP contribution in [-0.2, 0) is 38.9 Å². The van der Waals surface area contributed by atoms with Crippen molar-refractivity contribution in [2.24, 2.45) is 0 Å². The van der Waals surface area contributed by atoms with Crippen LogP contribution in [0.4, 0.5) is 0 Å². The Morgan fingerprint density at radius 1 is 0.963 bits per heavy atom. The van der Waals surface area contributed by atoms with E-state index in [4.69, 9.17) is 0 Å². The number of fused-ring (bicyclic) bond motifs is 2. The van der Waals surface area contributed by atoms with E-state index in [1.54, 1.807) is 44.5 Å². The van der Waals surface area contributed by atoms with Crippen molar-refractivity contribution in [2.75, 3.05) is 0 Å². The Morgan fingerprint density at radius 3 is 2.22 bits per heavy atom. The van der Waals surface area contributed by atoms with Gasteiger partial charge in [-0.25, -0.2) is 0 Å². The minimum absolute atomic E-state index is 0.382. The van der Waals surface area contributed by atoms with Crippen molar-refractivity contribution in [1.82, 2.24) is 0 Å². The molecule has 0 nitrogen and oxygen atoms in total. The fourth-order valence-electron chi connectivity index (χ4n) is 5.56. The van der Waals surface area contributed by atoms with Gasteiger partial charge in [-0.2, -0.15) is 0 Å². The molecule has 27 heavy (non-hydrogen) atoms. The van der Waals surface area contributed by atoms with E-state index in [1.165, 1.54) is 38.5 Å². The first-order chi connectivity index (χ1) is 12.8. The molecule has 0 saturated carbocycles. The van der Waals surface area contributed by atoms with Gasteiger partial charge in [-0.05, 0) is 0 Å². The molecule has 1 unspecified atom stereocenters. The van der Waals surface area contributed by atoms with Crippen LogP contribution >= 0.6 is 0 Å². The van der Waals surface area contributed by atoms with Crippen LogP contribution in [0.3, 0.4) is 0 Å². The molecular weight excluding hydrogens is 491 g/mol. The van der Waals surface area contributed by atoms with Crippen molar-refractivity contribution < 1.29 is 22.9 Å². The zero-order chi connectivity index (χ0) is 19.4. The van der Waals surface area contributed by atoms with Gasteiger partial charge in [-0.3, -0.25) is 0 Å². The molecule has 1 heteroatoms. The van der Waals surface area contributed by atoms with Crippen molar-refractivity contribution in [3.63, 3.8) is 0 Å². The number of unbranched alkanes of at least 4 members (excludes halogenated alkanes) is 1. The number of rotatable bonds is 5. The van der Waals surface area contributed by atoms with Crippen LogP contribution in [0, 0.1) is 0 Å². The summed E-state index contributed by atoms with van der Waals surface area (Å²) >= 11 is -1.11. The third-order valence-corrected chi connectivity index (χ3v) is 16.4. The first kappa shape index (κ1) is 19.6. The van der Waals surface area contributed by atoms with Crippen LogP contribution < -0.4 is 0 Å². The molecule has 3 aliphatic carbocycles. The van der Waals surface area contributed by atoms with Gasteiger partial charge in [0.25, 0.3) is 0 Å². The molecule has 1 aromatic carbocycles. The number of benzene rings is 1. The van der Waals surface area contributed by atoms with E-state index >= 15 is 0 Å². The molecule has 0 amide bonds. The van der Waals surface area contributed by atoms with Crippen molar-refractivity contribution in [2.45, 2.75) is 86.4 Å². The molecule has 4 rings (SSSR count). The average molecular weight is 525 g/mol. The minimum atomic E-state index is -1.11. The van der Waals surface area contributed by atoms with Gasteiger partial charge >= 0.3 is 178 Å². The summed E-state index contributed by atoms with van der Waals surface area (Å²) in [6, 6.07) is 5.19. The van der Waals surface area contributed by atoms with Gasteiger partial charge < -0.3 is 0 Å². The number of hydrogen-bond acceptors (Lipinski definition) is 0. The maximum atomic E-state index is 2.67. The van der Waals surface area contributed by atoms with Crippen LogP contribution in [-0.4, -0.2) is 0 Å². The zero-order valence-electron chi connectivity index (χ0n) is 18.1. The second kappa shape index (κ2) is 6.97. The second-order valence-corrected chi connectivity index (χ2v) is 16.9. The van der Waals surface area contributed by atoms with Crippen molar-refractivity contribution in [3.8, 4) is 0 Å². The molecule has 142 valence electrons. The summed E-state index contributed by atoms with van der Waals surface area (Å²) < 4.78 is 0.776. The van der Waals surface area contributed by atoms with E-state index in [1.807, 2.05) is 0 Å². The van der Waals surface area contributed by atoms with Crippen LogP contribution in [0.15, 0.2) is 40.5 Å². The predicted octanol–water partition coefficient (Wildman–Crippen LogP) is 7.54. The van der Waals surface area contributed by atoms with Crippen LogP contribution in [0.2, 0.25) is 3.17 Å². The fourth-order valence-corrected chi connectivity index (χ4v) is 14.4. The normalized spacial score (nSPS) is 25.4. The number of aryl methyl sites for hydroxylation is 2. The summed E-state index contributed by atoms with van der Waals surface area (Å²) in [5.41, 5.74) is 13.1. The van der Waals surface area contributed by atoms with Crippen LogP contribution in [0.1, 0.15) is 89.5 Å². The summed E-state index contributed by atoms with van der Waals surface area (Å²) in [6.07, 6.45) is 13.1. The molecule has 0 N–H and O–H groups in total. The molecular formula is C26H34Hf. The van der Waals surface area contributed by atoms with E-state index in [0.29, 0.717) is 6.34 Å². The van der Waals surface area contributed by atoms with Gasteiger partial charge in [-0.1, -0.05) is 0 Å². The summed E-state index contributed by atoms with van der Waals surface area (Å²) in [7, 11) is 0. The Labute approximate surface area is 177 Å². The maximum absolute atomic E-state index is 2.67. The Kier molecular flexibility index (Phi) is 5.07. The molecule has 1 aromatic rings. The zero-order valence-corrected chi connectivity index (χ0v) is 21.6. The molecule has 0 aliphatic heterocycles. The second-order valence-electron chi connectivity index (χ2n) is 9.22. The molecule has 3 aliphatic rings. The number of allylic oxidation sites excluding steroid dienone is 5. The average Bonchev–Trinajstić information content (AvgIpc) is 3.29. The van der Waals surface area contributed by atoms with Crippen molar-refractivity contribution >= 4 is 6.08 Å². The Balaban J connectivity index is 1.80. The van der Waals surface area contributed by atoms with E-state index in [-0.39, 0.29) is 0 Å². The molecule has 0 aromatic heterocycles. The van der Waals surface area contributed by atoms with E-state index in [9.17, 15) is 0 Å². The summed E-state index contributed by atoms with van der Waals surface area (Å²) in [4.78, 5) is 0. The third kappa shape index (κ3) is 2.95. The topological polar surface area (TPSA) is 0 Å². The van der Waals surface area contributed by atoms with E-state index < -0.39 is 22.9 Å². The molecule has 0 bridgehead atoms. The molecule has 0 radical (unpaired) electrons. The van der Waals surface area contributed by atoms with Crippen LogP contribution in [0.25, 0.3) is 6.08 Å². The molecule has 0 fully saturated rings. The van der Waals surface area contributed by atoms with E-state index in [0.717, 1.165) is 0 Å². The number of hydrogen-bond donors (Lipinski definition) is 0. The predicted molar refractivity (Wildman–Crippen MR) is 114 cm³/mol. The molecule has 1 atom stereocenters. The van der Waals surface area contributed by atoms with Gasteiger partial charge in [0.05, 0.1) is 0 Å². The first-order valence-corrected chi connectivity index (χ1v) is 14.4. The van der Waals surface area contributed by atoms with Crippen molar-refractivity contribution in [3.05, 3.63) is 62.8 Å². The standard InChI is InChI=1S/C16H19.C10H15.Hf/c1-2-3-5-12-8-9-15-10-13-6-4-7-14(13)11-16(12)15;1-6-7(2)9(4)10(5)8(6)3;/h8-11H,2-7H2,1H3;1-5H3;. The third-order valence-electron chi connectivity index (χ3n) is 7.88. The van der Waals surface area contributed by atoms with Gasteiger partial charge in [0.2, 0.25) is 0 Å². The first-order valence-electron chi connectivity index (χ1n) is 10.8. The van der Waals surface area contributed by atoms with Gasteiger partial charge in [0.1, 0.15) is 0 Å². The fraction of sp³-hybridized carbons (Fsp3) is 0.538. The quantitative estimate of drug-likeness (QED) is 0.349. The summed E-state index contributed by atoms with van der Waals surface area (Å²) in [5.74, 6) is 0. The van der Waals surface area contributed by atoms with Crippen molar-refractivity contribution in [1.29, 1.82) is 0 Å². The van der Waals surface area contributed by atoms with E-state index in [2.05, 4.69) is 65.8 Å². The Morgan fingerprint density at radius 2 is 1.59 bits per heavy atom. The van der Waals surface area contributed by atoms with Gasteiger partial charge in [-0.15, -0.1) is 0 Å². The van der Waals surface area contributed by atoms with Crippen LogP contribution in [0.5, 0.6) is 0 Å². The summed E-state index contributed by atoms with van der Waals surface area (Å²) in [6.45, 7) is 14.5. The molecule has 0 saturated heterocycles. The summed E-state index contributed by atoms with van der Waals surface area (Å²) in [5, 5.41) is 0. The molecule has 0 spiro atoms. The van der Waals surface area contributed by atoms with Gasteiger partial charge in [0.15, 0.2) is 0 Å². The van der Waals surface area contributed by atoms with Gasteiger partial charge in [0, 0.05) is 0 Å². The Hall–Kier alpha value is -0.690.